The second kappa shape index (κ2) is 5.65. The summed E-state index contributed by atoms with van der Waals surface area (Å²) in [5, 5.41) is 11.2. The Morgan fingerprint density at radius 1 is 1.30 bits per heavy atom. The van der Waals surface area contributed by atoms with Crippen molar-refractivity contribution in [1.82, 2.24) is 9.88 Å². The number of benzene rings is 1. The molecule has 23 heavy (non-hydrogen) atoms. The average molecular weight is 314 g/mol. The van der Waals surface area contributed by atoms with Crippen LogP contribution < -0.4 is 0 Å². The van der Waals surface area contributed by atoms with E-state index in [-0.39, 0.29) is 11.9 Å². The number of carbonyl (C=O) groups is 1. The largest absolute Gasteiger partial charge is 0.388 e. The number of aryl methyl sites for hydroxylation is 2. The highest BCUT2D eigenvalue weighted by Crippen LogP contribution is 2.30. The van der Waals surface area contributed by atoms with Crippen molar-refractivity contribution in [3.8, 4) is 0 Å². The molecule has 2 N–H and O–H groups in total. The number of aromatic nitrogens is 1. The van der Waals surface area contributed by atoms with E-state index < -0.39 is 6.10 Å². The van der Waals surface area contributed by atoms with Crippen LogP contribution in [-0.2, 0) is 17.6 Å². The predicted molar refractivity (Wildman–Crippen MR) is 87.6 cm³/mol. The lowest BCUT2D eigenvalue weighted by atomic mass is 9.95. The zero-order valence-corrected chi connectivity index (χ0v) is 13.3. The summed E-state index contributed by atoms with van der Waals surface area (Å²) in [4.78, 5) is 17.8. The molecule has 5 nitrogen and oxygen atoms in total. The Labute approximate surface area is 135 Å². The minimum Gasteiger partial charge on any atom is -0.388 e. The molecule has 122 valence electrons. The summed E-state index contributed by atoms with van der Waals surface area (Å²) < 4.78 is 5.25. The Balaban J connectivity index is 1.65. The molecule has 0 radical (unpaired) electrons. The van der Waals surface area contributed by atoms with Crippen LogP contribution in [0.5, 0.6) is 0 Å². The molecule has 1 aromatic heterocycles. The summed E-state index contributed by atoms with van der Waals surface area (Å²) in [6.07, 6.45) is 4.08. The molecule has 0 bridgehead atoms. The lowest BCUT2D eigenvalue weighted by Gasteiger charge is -2.25. The summed E-state index contributed by atoms with van der Waals surface area (Å²) in [5.74, 6) is -0.0750. The van der Waals surface area contributed by atoms with E-state index in [1.165, 1.54) is 29.5 Å². The summed E-state index contributed by atoms with van der Waals surface area (Å²) in [5.41, 5.74) is 4.43. The molecule has 1 aliphatic heterocycles. The van der Waals surface area contributed by atoms with Crippen LogP contribution in [0.1, 0.15) is 34.5 Å². The molecule has 2 heterocycles. The van der Waals surface area contributed by atoms with Crippen LogP contribution in [0, 0.1) is 0 Å². The molecule has 0 spiro atoms. The molecule has 5 heteroatoms. The highest BCUT2D eigenvalue weighted by Gasteiger charge is 2.32. The normalized spacial score (nSPS) is 23.9. The Morgan fingerprint density at radius 3 is 2.91 bits per heavy atom. The minimum absolute atomic E-state index is 0.0750. The molecule has 1 amide bonds. The lowest BCUT2D eigenvalue weighted by Crippen LogP contribution is -2.44. The number of fused-ring (bicyclic) bond motifs is 3. The first-order chi connectivity index (χ1) is 11.1. The summed E-state index contributed by atoms with van der Waals surface area (Å²) in [7, 11) is 1.73. The van der Waals surface area contributed by atoms with E-state index in [0.717, 1.165) is 18.4 Å². The van der Waals surface area contributed by atoms with Gasteiger partial charge in [0.05, 0.1) is 25.4 Å². The molecule has 2 aliphatic rings. The van der Waals surface area contributed by atoms with Crippen molar-refractivity contribution in [2.45, 2.75) is 37.8 Å². The topological polar surface area (TPSA) is 65.6 Å². The Kier molecular flexibility index (Phi) is 3.62. The van der Waals surface area contributed by atoms with E-state index in [1.807, 2.05) is 12.1 Å². The van der Waals surface area contributed by atoms with Gasteiger partial charge in [-0.3, -0.25) is 4.79 Å². The van der Waals surface area contributed by atoms with E-state index in [9.17, 15) is 9.90 Å². The number of ether oxygens (including phenoxy) is 1. The van der Waals surface area contributed by atoms with Gasteiger partial charge in [-0.2, -0.15) is 0 Å². The fourth-order valence-corrected chi connectivity index (χ4v) is 3.80. The molecular formula is C18H22N2O3. The van der Waals surface area contributed by atoms with Crippen molar-refractivity contribution >= 4 is 16.8 Å². The highest BCUT2D eigenvalue weighted by molar-refractivity contribution is 5.99. The number of H-pyrrole nitrogens is 1. The van der Waals surface area contributed by atoms with Crippen LogP contribution in [0.2, 0.25) is 0 Å². The number of carbonyl (C=O) groups excluding carboxylic acids is 1. The standard InChI is InChI=1S/C18H22N2O3/c1-20(16-9-23-10-17(16)21)18(22)11-6-7-13-12-4-2-3-5-14(12)19-15(13)8-11/h6-8,16-17,19,21H,2-5,9-10H2,1H3/t16-,17-/m1/s1. The Hall–Kier alpha value is -1.85. The second-order valence-electron chi connectivity index (χ2n) is 6.64. The van der Waals surface area contributed by atoms with Crippen molar-refractivity contribution in [3.63, 3.8) is 0 Å². The molecule has 1 aromatic carbocycles. The van der Waals surface area contributed by atoms with Crippen LogP contribution in [0.25, 0.3) is 10.9 Å². The molecule has 2 aromatic rings. The Morgan fingerprint density at radius 2 is 2.13 bits per heavy atom. The van der Waals surface area contributed by atoms with Crippen molar-refractivity contribution < 1.29 is 14.6 Å². The number of amides is 1. The number of hydrogen-bond acceptors (Lipinski definition) is 3. The quantitative estimate of drug-likeness (QED) is 0.889. The van der Waals surface area contributed by atoms with Gasteiger partial charge in [-0.1, -0.05) is 6.07 Å². The molecule has 4 rings (SSSR count). The van der Waals surface area contributed by atoms with Gasteiger partial charge in [0, 0.05) is 29.2 Å². The molecule has 1 saturated heterocycles. The van der Waals surface area contributed by atoms with Gasteiger partial charge in [-0.15, -0.1) is 0 Å². The van der Waals surface area contributed by atoms with Gasteiger partial charge in [-0.05, 0) is 43.4 Å². The van der Waals surface area contributed by atoms with Gasteiger partial charge in [0.1, 0.15) is 0 Å². The minimum atomic E-state index is -0.606. The number of hydrogen-bond donors (Lipinski definition) is 2. The summed E-state index contributed by atoms with van der Waals surface area (Å²) in [6.45, 7) is 0.688. The number of nitrogens with one attached hydrogen (secondary N) is 1. The average Bonchev–Trinajstić information content (AvgIpc) is 3.16. The molecule has 1 aliphatic carbocycles. The van der Waals surface area contributed by atoms with Gasteiger partial charge in [-0.25, -0.2) is 0 Å². The first-order valence-corrected chi connectivity index (χ1v) is 8.31. The number of rotatable bonds is 2. The van der Waals surface area contributed by atoms with Crippen molar-refractivity contribution in [1.29, 1.82) is 0 Å². The Bertz CT molecular complexity index is 752. The van der Waals surface area contributed by atoms with Crippen molar-refractivity contribution in [3.05, 3.63) is 35.0 Å². The summed E-state index contributed by atoms with van der Waals surface area (Å²) in [6, 6.07) is 5.62. The van der Waals surface area contributed by atoms with Crippen LogP contribution >= 0.6 is 0 Å². The zero-order valence-electron chi connectivity index (χ0n) is 13.3. The summed E-state index contributed by atoms with van der Waals surface area (Å²) >= 11 is 0. The van der Waals surface area contributed by atoms with Crippen LogP contribution in [0.4, 0.5) is 0 Å². The smallest absolute Gasteiger partial charge is 0.254 e. The number of nitrogens with zero attached hydrogens (tertiary/aromatic N) is 1. The van der Waals surface area contributed by atoms with Gasteiger partial charge in [0.15, 0.2) is 0 Å². The fourth-order valence-electron chi connectivity index (χ4n) is 3.80. The van der Waals surface area contributed by atoms with Gasteiger partial charge < -0.3 is 19.7 Å². The van der Waals surface area contributed by atoms with Crippen LogP contribution in [-0.4, -0.2) is 53.3 Å². The monoisotopic (exact) mass is 314 g/mol. The molecule has 0 unspecified atom stereocenters. The van der Waals surface area contributed by atoms with E-state index in [2.05, 4.69) is 11.1 Å². The third-order valence-corrected chi connectivity index (χ3v) is 5.18. The van der Waals surface area contributed by atoms with E-state index in [4.69, 9.17) is 4.74 Å². The van der Waals surface area contributed by atoms with Gasteiger partial charge in [0.25, 0.3) is 5.91 Å². The first kappa shape index (κ1) is 14.7. The molecule has 0 saturated carbocycles. The maximum absolute atomic E-state index is 12.7. The predicted octanol–water partition coefficient (Wildman–Crippen LogP) is 1.88. The number of aliphatic hydroxyl groups excluding tert-OH is 1. The van der Waals surface area contributed by atoms with E-state index >= 15 is 0 Å². The second-order valence-corrected chi connectivity index (χ2v) is 6.64. The van der Waals surface area contributed by atoms with E-state index in [0.29, 0.717) is 18.8 Å². The van der Waals surface area contributed by atoms with Crippen molar-refractivity contribution in [2.75, 3.05) is 20.3 Å². The van der Waals surface area contributed by atoms with Crippen LogP contribution in [0.15, 0.2) is 18.2 Å². The SMILES string of the molecule is CN(C(=O)c1ccc2c3c([nH]c2c1)CCCC3)[C@@H]1COC[C@H]1O. The van der Waals surface area contributed by atoms with Gasteiger partial charge in [0.2, 0.25) is 0 Å². The third kappa shape index (κ3) is 2.44. The number of aliphatic hydroxyl groups is 1. The molecule has 1 fully saturated rings. The molecule has 2 atom stereocenters. The van der Waals surface area contributed by atoms with Crippen molar-refractivity contribution in [2.24, 2.45) is 0 Å². The highest BCUT2D eigenvalue weighted by atomic mass is 16.5. The lowest BCUT2D eigenvalue weighted by molar-refractivity contribution is 0.0581. The maximum atomic E-state index is 12.7. The zero-order chi connectivity index (χ0) is 16.0. The fraction of sp³-hybridized carbons (Fsp3) is 0.500. The first-order valence-electron chi connectivity index (χ1n) is 8.31. The van der Waals surface area contributed by atoms with E-state index in [1.54, 1.807) is 11.9 Å². The third-order valence-electron chi connectivity index (χ3n) is 5.18. The molecular weight excluding hydrogens is 292 g/mol. The number of likely N-dealkylation sites (N-methyl/N-ethyl adjacent to an activating group) is 1. The number of aromatic amines is 1. The maximum Gasteiger partial charge on any atom is 0.254 e. The van der Waals surface area contributed by atoms with Gasteiger partial charge >= 0.3 is 0 Å². The van der Waals surface area contributed by atoms with Crippen LogP contribution in [0.3, 0.4) is 0 Å².